The minimum atomic E-state index is -2.28. The van der Waals surface area contributed by atoms with Crippen molar-refractivity contribution in [3.8, 4) is 5.75 Å². The van der Waals surface area contributed by atoms with Crippen LogP contribution in [0.1, 0.15) is 39.3 Å². The largest absolute Gasteiger partial charge is 0.497 e. The maximum Gasteiger partial charge on any atom is 0.336 e. The van der Waals surface area contributed by atoms with Gasteiger partial charge < -0.3 is 19.2 Å². The zero-order valence-corrected chi connectivity index (χ0v) is 19.9. The number of nitrogens with zero attached hydrogens (tertiary/aromatic N) is 2. The number of esters is 1. The number of nitrogens with one attached hydrogen (secondary N) is 1. The van der Waals surface area contributed by atoms with Gasteiger partial charge in [-0.15, -0.1) is 0 Å². The summed E-state index contributed by atoms with van der Waals surface area (Å²) in [5.74, 6) is 0.354. The van der Waals surface area contributed by atoms with Crippen LogP contribution in [0.2, 0.25) is 18.1 Å². The van der Waals surface area contributed by atoms with Gasteiger partial charge in [-0.05, 0) is 61.0 Å². The average Bonchev–Trinajstić information content (AvgIpc) is 2.71. The Bertz CT molecular complexity index is 807. The zero-order valence-electron chi connectivity index (χ0n) is 18.9. The summed E-state index contributed by atoms with van der Waals surface area (Å²) in [5, 5.41) is 11.2. The molecule has 0 amide bonds. The molecular formula is C22H33N3O4Si. The predicted octanol–water partition coefficient (Wildman–Crippen LogP) is 4.59. The molecule has 1 aromatic carbocycles. The Labute approximate surface area is 180 Å². The van der Waals surface area contributed by atoms with E-state index in [9.17, 15) is 4.79 Å². The molecule has 1 aromatic heterocycles. The van der Waals surface area contributed by atoms with Crippen molar-refractivity contribution >= 4 is 20.0 Å². The van der Waals surface area contributed by atoms with Gasteiger partial charge in [0.1, 0.15) is 5.75 Å². The van der Waals surface area contributed by atoms with Crippen LogP contribution in [0.25, 0.3) is 0 Å². The summed E-state index contributed by atoms with van der Waals surface area (Å²) in [6.07, 6.45) is 2.41. The number of carbonyl (C=O) groups excluding carboxylic acids is 1. The van der Waals surface area contributed by atoms with Crippen molar-refractivity contribution in [1.29, 1.82) is 0 Å². The summed E-state index contributed by atoms with van der Waals surface area (Å²) in [4.78, 5) is 13.0. The van der Waals surface area contributed by atoms with E-state index in [1.807, 2.05) is 30.3 Å². The van der Waals surface area contributed by atoms with Gasteiger partial charge in [0.2, 0.25) is 0 Å². The Morgan fingerprint density at radius 2 is 1.80 bits per heavy atom. The number of carbonyl (C=O) groups is 1. The van der Waals surface area contributed by atoms with Gasteiger partial charge in [-0.1, -0.05) is 20.8 Å². The van der Waals surface area contributed by atoms with Gasteiger partial charge in [0, 0.05) is 11.9 Å². The SMILES string of the molecule is CCOC(=O)C(O[Si](C)(C)C(C)(C)C)C(Nc1ccc(OC)cc1)c1ccnnc1. The molecule has 7 nitrogen and oxygen atoms in total. The van der Waals surface area contributed by atoms with Gasteiger partial charge in [-0.25, -0.2) is 4.79 Å². The molecule has 0 aliphatic heterocycles. The van der Waals surface area contributed by atoms with E-state index in [1.54, 1.807) is 26.4 Å². The molecule has 8 heteroatoms. The fraction of sp³-hybridized carbons (Fsp3) is 0.500. The number of rotatable bonds is 9. The Morgan fingerprint density at radius 3 is 2.30 bits per heavy atom. The molecule has 164 valence electrons. The highest BCUT2D eigenvalue weighted by Crippen LogP contribution is 2.39. The summed E-state index contributed by atoms with van der Waals surface area (Å²) < 4.78 is 17.2. The van der Waals surface area contributed by atoms with Crippen LogP contribution in [0.15, 0.2) is 42.7 Å². The van der Waals surface area contributed by atoms with Crippen molar-refractivity contribution < 1.29 is 18.7 Å². The van der Waals surface area contributed by atoms with Gasteiger partial charge in [-0.3, -0.25) is 0 Å². The number of anilines is 1. The first-order valence-corrected chi connectivity index (χ1v) is 13.0. The van der Waals surface area contributed by atoms with E-state index in [0.29, 0.717) is 0 Å². The maximum absolute atomic E-state index is 13.0. The molecule has 0 radical (unpaired) electrons. The third kappa shape index (κ3) is 6.02. The third-order valence-electron chi connectivity index (χ3n) is 5.43. The first-order chi connectivity index (χ1) is 14.1. The van der Waals surface area contributed by atoms with Crippen LogP contribution >= 0.6 is 0 Å². The molecule has 0 fully saturated rings. The van der Waals surface area contributed by atoms with Crippen LogP contribution in [-0.2, 0) is 14.0 Å². The predicted molar refractivity (Wildman–Crippen MR) is 120 cm³/mol. The average molecular weight is 432 g/mol. The Kier molecular flexibility index (Phi) is 7.97. The van der Waals surface area contributed by atoms with Crippen LogP contribution < -0.4 is 10.1 Å². The number of aromatic nitrogens is 2. The molecule has 2 aromatic rings. The number of ether oxygens (including phenoxy) is 2. The highest BCUT2D eigenvalue weighted by molar-refractivity contribution is 6.74. The van der Waals surface area contributed by atoms with E-state index in [-0.39, 0.29) is 11.6 Å². The molecule has 0 aliphatic rings. The summed E-state index contributed by atoms with van der Waals surface area (Å²) >= 11 is 0. The van der Waals surface area contributed by atoms with Crippen molar-refractivity contribution in [2.75, 3.05) is 19.0 Å². The van der Waals surface area contributed by atoms with Gasteiger partial charge >= 0.3 is 5.97 Å². The van der Waals surface area contributed by atoms with Crippen LogP contribution in [0, 0.1) is 0 Å². The quantitative estimate of drug-likeness (QED) is 0.459. The highest BCUT2D eigenvalue weighted by Gasteiger charge is 2.44. The fourth-order valence-corrected chi connectivity index (χ4v) is 3.88. The number of hydrogen-bond acceptors (Lipinski definition) is 7. The smallest absolute Gasteiger partial charge is 0.336 e. The van der Waals surface area contributed by atoms with E-state index in [4.69, 9.17) is 13.9 Å². The number of methoxy groups -OCH3 is 1. The molecule has 0 spiro atoms. The minimum Gasteiger partial charge on any atom is -0.497 e. The zero-order chi connectivity index (χ0) is 22.4. The number of benzene rings is 1. The molecule has 2 rings (SSSR count). The van der Waals surface area contributed by atoms with Gasteiger partial charge in [-0.2, -0.15) is 10.2 Å². The molecule has 1 N–H and O–H groups in total. The second kappa shape index (κ2) is 10.0. The lowest BCUT2D eigenvalue weighted by molar-refractivity contribution is -0.152. The van der Waals surface area contributed by atoms with Crippen LogP contribution in [0.5, 0.6) is 5.75 Å². The highest BCUT2D eigenvalue weighted by atomic mass is 28.4. The number of hydrogen-bond donors (Lipinski definition) is 1. The molecule has 0 bridgehead atoms. The van der Waals surface area contributed by atoms with Crippen molar-refractivity contribution in [3.63, 3.8) is 0 Å². The minimum absolute atomic E-state index is 0.0705. The molecule has 0 aliphatic carbocycles. The standard InChI is InChI=1S/C22H33N3O4Si/c1-8-28-21(26)20(29-30(6,7)22(2,3)4)19(16-13-14-23-24-15-16)25-17-9-11-18(27-5)12-10-17/h9-15,19-20,25H,8H2,1-7H3. The fourth-order valence-electron chi connectivity index (χ4n) is 2.66. The lowest BCUT2D eigenvalue weighted by atomic mass is 10.0. The molecule has 0 saturated heterocycles. The van der Waals surface area contributed by atoms with Crippen molar-refractivity contribution in [2.24, 2.45) is 0 Å². The van der Waals surface area contributed by atoms with Gasteiger partial charge in [0.05, 0.1) is 26.0 Å². The van der Waals surface area contributed by atoms with E-state index < -0.39 is 26.4 Å². The van der Waals surface area contributed by atoms with E-state index >= 15 is 0 Å². The van der Waals surface area contributed by atoms with Gasteiger partial charge in [0.15, 0.2) is 14.4 Å². The molecule has 1 heterocycles. The van der Waals surface area contributed by atoms with E-state index in [0.717, 1.165) is 17.0 Å². The molecule has 2 atom stereocenters. The van der Waals surface area contributed by atoms with Crippen molar-refractivity contribution in [1.82, 2.24) is 10.2 Å². The van der Waals surface area contributed by atoms with Crippen LogP contribution in [-0.4, -0.2) is 44.3 Å². The second-order valence-electron chi connectivity index (χ2n) is 8.58. The van der Waals surface area contributed by atoms with E-state index in [2.05, 4.69) is 49.4 Å². The first-order valence-electron chi connectivity index (χ1n) is 10.1. The normalized spacial score (nSPS) is 14.0. The Hall–Kier alpha value is -2.45. The van der Waals surface area contributed by atoms with Crippen LogP contribution in [0.4, 0.5) is 5.69 Å². The second-order valence-corrected chi connectivity index (χ2v) is 13.3. The summed E-state index contributed by atoms with van der Waals surface area (Å²) in [6, 6.07) is 8.85. The van der Waals surface area contributed by atoms with E-state index in [1.165, 1.54) is 0 Å². The summed E-state index contributed by atoms with van der Waals surface area (Å²) in [6.45, 7) is 12.7. The monoisotopic (exact) mass is 431 g/mol. The Balaban J connectivity index is 2.46. The molecular weight excluding hydrogens is 398 g/mol. The van der Waals surface area contributed by atoms with Gasteiger partial charge in [0.25, 0.3) is 0 Å². The molecule has 30 heavy (non-hydrogen) atoms. The molecule has 2 unspecified atom stereocenters. The molecule has 0 saturated carbocycles. The Morgan fingerprint density at radius 1 is 1.13 bits per heavy atom. The summed E-state index contributed by atoms with van der Waals surface area (Å²) in [7, 11) is -0.662. The van der Waals surface area contributed by atoms with Crippen LogP contribution in [0.3, 0.4) is 0 Å². The topological polar surface area (TPSA) is 82.6 Å². The lowest BCUT2D eigenvalue weighted by Crippen LogP contribution is -2.49. The maximum atomic E-state index is 13.0. The third-order valence-corrected chi connectivity index (χ3v) is 9.88. The summed E-state index contributed by atoms with van der Waals surface area (Å²) in [5.41, 5.74) is 1.61. The lowest BCUT2D eigenvalue weighted by Gasteiger charge is -2.40. The first kappa shape index (κ1) is 23.8. The van der Waals surface area contributed by atoms with Crippen molar-refractivity contribution in [2.45, 2.75) is 58.0 Å². The van der Waals surface area contributed by atoms with Crippen molar-refractivity contribution in [3.05, 3.63) is 48.3 Å².